The molecule has 26 heteroatoms. The normalized spacial score (nSPS) is 12.4. The first-order valence-electron chi connectivity index (χ1n) is 24.5. The lowest BCUT2D eigenvalue weighted by Crippen LogP contribution is -2.42. The summed E-state index contributed by atoms with van der Waals surface area (Å²) in [6, 6.07) is 19.8. The molecule has 3 heterocycles. The number of likely N-dealkylation sites (N-methyl/N-ethyl adjacent to an activating group) is 1. The third kappa shape index (κ3) is 19.0. The van der Waals surface area contributed by atoms with Crippen LogP contribution in [0.3, 0.4) is 0 Å². The zero-order chi connectivity index (χ0) is 58.2. The van der Waals surface area contributed by atoms with Gasteiger partial charge in [0.05, 0.1) is 81.1 Å². The minimum atomic E-state index is -3.93. The lowest BCUT2D eigenvalue weighted by molar-refractivity contribution is -0.166. The number of aromatic nitrogens is 5. The highest BCUT2D eigenvalue weighted by Gasteiger charge is 2.39. The largest absolute Gasteiger partial charge is 0.495 e. The number of nitrogens with one attached hydrogen (secondary N) is 6. The maximum absolute atomic E-state index is 13.4. The van der Waals surface area contributed by atoms with E-state index in [2.05, 4.69) is 46.3 Å². The molecule has 3 aromatic heterocycles. The number of carbonyl (C=O) groups excluding carboxylic acids is 4. The highest BCUT2D eigenvalue weighted by Crippen LogP contribution is 2.28. The number of para-hydroxylation sites is 2. The van der Waals surface area contributed by atoms with Crippen LogP contribution in [0.2, 0.25) is 0 Å². The number of benzene rings is 3. The average molecular weight is 1120 g/mol. The molecule has 0 spiro atoms. The Morgan fingerprint density at radius 3 is 1.87 bits per heavy atom. The van der Waals surface area contributed by atoms with Crippen molar-refractivity contribution in [1.82, 2.24) is 39.0 Å². The molecular weight excluding hydrogens is 1050 g/mol. The Labute approximate surface area is 455 Å². The summed E-state index contributed by atoms with van der Waals surface area (Å²) in [5.41, 5.74) is 5.74. The molecule has 23 nitrogen and oxygen atoms in total. The maximum atomic E-state index is 13.4. The number of halogens is 2. The number of rotatable bonds is 23. The monoisotopic (exact) mass is 1110 g/mol. The molecule has 0 saturated carbocycles. The lowest BCUT2D eigenvalue weighted by Gasteiger charge is -2.23. The maximum Gasteiger partial charge on any atom is 0.376 e. The SMILES string of the molecule is COc1cc(CC(=O)NC(CC(C)C)c2cn(CC(NS(C)(=O)=O)C(=O)O)cn2)ccc1NC(=O)Nc1ccccc1C.Cc1ccccc1NC(=O)Nc1ccc(CC(=O)N(C)C(C)c2cn(CC(F)(F)C(=O)O)cn2)cn1. The summed E-state index contributed by atoms with van der Waals surface area (Å²) < 4.78 is 60.0. The number of carboxylic acid groups (broad SMARTS) is 2. The molecule has 6 amide bonds. The molecule has 3 atom stereocenters. The van der Waals surface area contributed by atoms with Gasteiger partial charge in [-0.15, -0.1) is 0 Å². The summed E-state index contributed by atoms with van der Waals surface area (Å²) >= 11 is 0. The van der Waals surface area contributed by atoms with Crippen molar-refractivity contribution in [3.05, 3.63) is 144 Å². The van der Waals surface area contributed by atoms with Crippen molar-refractivity contribution in [2.24, 2.45) is 5.92 Å². The summed E-state index contributed by atoms with van der Waals surface area (Å²) in [5.74, 6) is -7.13. The number of nitrogens with zero attached hydrogens (tertiary/aromatic N) is 6. The summed E-state index contributed by atoms with van der Waals surface area (Å²) in [5, 5.41) is 31.9. The van der Waals surface area contributed by atoms with Crippen LogP contribution < -0.4 is 36.0 Å². The van der Waals surface area contributed by atoms with E-state index in [9.17, 15) is 51.1 Å². The van der Waals surface area contributed by atoms with Gasteiger partial charge in [-0.2, -0.15) is 13.5 Å². The fourth-order valence-corrected chi connectivity index (χ4v) is 8.35. The van der Waals surface area contributed by atoms with Gasteiger partial charge in [0.2, 0.25) is 21.8 Å². The molecule has 6 aromatic rings. The van der Waals surface area contributed by atoms with Gasteiger partial charge in [-0.05, 0) is 85.7 Å². The number of carboxylic acids is 2. The van der Waals surface area contributed by atoms with Crippen LogP contribution >= 0.6 is 0 Å². The Bertz CT molecular complexity index is 3230. The second-order valence-corrected chi connectivity index (χ2v) is 20.7. The molecule has 0 saturated heterocycles. The molecule has 422 valence electrons. The van der Waals surface area contributed by atoms with Crippen LogP contribution in [0.1, 0.15) is 72.9 Å². The summed E-state index contributed by atoms with van der Waals surface area (Å²) in [4.78, 5) is 86.7. The predicted molar refractivity (Wildman–Crippen MR) is 290 cm³/mol. The van der Waals surface area contributed by atoms with E-state index in [0.29, 0.717) is 57.6 Å². The topological polar surface area (TPSA) is 310 Å². The Kier molecular flexibility index (Phi) is 21.3. The zero-order valence-electron chi connectivity index (χ0n) is 44.7. The number of sulfonamides is 1. The number of anilines is 4. The third-order valence-electron chi connectivity index (χ3n) is 11.9. The fourth-order valence-electron chi connectivity index (χ4n) is 7.66. The molecule has 0 bridgehead atoms. The van der Waals surface area contributed by atoms with Crippen LogP contribution in [0, 0.1) is 19.8 Å². The van der Waals surface area contributed by atoms with Crippen LogP contribution in [-0.2, 0) is 55.1 Å². The van der Waals surface area contributed by atoms with Gasteiger partial charge >= 0.3 is 29.9 Å². The Balaban J connectivity index is 0.000000295. The van der Waals surface area contributed by atoms with E-state index in [1.54, 1.807) is 62.6 Å². The molecule has 8 N–H and O–H groups in total. The van der Waals surface area contributed by atoms with Crippen LogP contribution in [-0.4, -0.2) is 116 Å². The minimum Gasteiger partial charge on any atom is -0.495 e. The predicted octanol–water partition coefficient (Wildman–Crippen LogP) is 7.01. The first kappa shape index (κ1) is 61.1. The Morgan fingerprint density at radius 1 is 0.747 bits per heavy atom. The molecule has 3 unspecified atom stereocenters. The zero-order valence-corrected chi connectivity index (χ0v) is 45.5. The number of imidazole rings is 2. The van der Waals surface area contributed by atoms with Crippen molar-refractivity contribution in [2.45, 2.75) is 91.0 Å². The Morgan fingerprint density at radius 2 is 1.32 bits per heavy atom. The van der Waals surface area contributed by atoms with Gasteiger partial charge in [0.1, 0.15) is 17.6 Å². The number of alkyl halides is 2. The van der Waals surface area contributed by atoms with Gasteiger partial charge < -0.3 is 50.3 Å². The first-order valence-corrected chi connectivity index (χ1v) is 26.4. The number of aryl methyl sites for hydroxylation is 2. The molecule has 79 heavy (non-hydrogen) atoms. The highest BCUT2D eigenvalue weighted by atomic mass is 32.2. The van der Waals surface area contributed by atoms with Crippen LogP contribution in [0.25, 0.3) is 0 Å². The average Bonchev–Trinajstić information content (AvgIpc) is 4.05. The van der Waals surface area contributed by atoms with Crippen LogP contribution in [0.15, 0.2) is 110 Å². The van der Waals surface area contributed by atoms with Crippen LogP contribution in [0.5, 0.6) is 5.75 Å². The molecule has 6 rings (SSSR count). The minimum absolute atomic E-state index is 0.0152. The summed E-state index contributed by atoms with van der Waals surface area (Å²) in [6.45, 7) is 8.20. The van der Waals surface area contributed by atoms with Crippen molar-refractivity contribution < 1.29 is 60.9 Å². The van der Waals surface area contributed by atoms with E-state index in [1.807, 2.05) is 64.1 Å². The molecule has 0 aliphatic carbocycles. The van der Waals surface area contributed by atoms with Gasteiger partial charge in [0.15, 0.2) is 0 Å². The summed E-state index contributed by atoms with van der Waals surface area (Å²) in [6.07, 6.45) is 8.36. The smallest absolute Gasteiger partial charge is 0.376 e. The van der Waals surface area contributed by atoms with E-state index >= 15 is 0 Å². The number of hydrogen-bond acceptors (Lipinski definition) is 12. The van der Waals surface area contributed by atoms with Crippen molar-refractivity contribution in [3.8, 4) is 5.75 Å². The molecular formula is C53H64F2N12O11S. The van der Waals surface area contributed by atoms with Crippen molar-refractivity contribution in [1.29, 1.82) is 0 Å². The van der Waals surface area contributed by atoms with E-state index in [-0.39, 0.29) is 37.1 Å². The fraction of sp³-hybridized carbons (Fsp3) is 0.340. The third-order valence-corrected chi connectivity index (χ3v) is 12.6. The van der Waals surface area contributed by atoms with Gasteiger partial charge in [0.25, 0.3) is 0 Å². The standard InChI is InChI=1S/C29H38N6O7S.C24H26F2N6O4/c1-18(2)12-23(24-15-35(17-30-24)16-25(28(37)38)34-43(5,40)41)31-27(36)14-20-10-11-22(26(13-20)42-4)33-29(39)32-21-9-7-6-8-19(21)3;1-15-6-4-5-7-18(15)29-23(36)30-20-9-8-17(11-27-20)10-21(33)31(3)16(2)19-12-32(14-28-19)13-24(25,26)22(34)35/h6-11,13,15,17-18,23,25,34H,12,14,16H2,1-5H3,(H,31,36)(H,37,38)(H2,32,33,39);4-9,11-12,14,16H,10,13H2,1-3H3,(H,34,35)(H2,27,29,30,36). The quantitative estimate of drug-likeness (QED) is 0.0320. The number of hydrogen-bond donors (Lipinski definition) is 8. The van der Waals surface area contributed by atoms with E-state index < -0.39 is 64.6 Å². The molecule has 0 aliphatic heterocycles. The number of aliphatic carboxylic acids is 2. The molecule has 3 aromatic carbocycles. The number of amides is 6. The Hall–Kier alpha value is -8.78. The number of ether oxygens (including phenoxy) is 1. The van der Waals surface area contributed by atoms with E-state index in [0.717, 1.165) is 28.3 Å². The number of pyridine rings is 1. The first-order chi connectivity index (χ1) is 37.2. The second-order valence-electron chi connectivity index (χ2n) is 18.9. The van der Waals surface area contributed by atoms with E-state index in [1.165, 1.54) is 35.3 Å². The number of methoxy groups -OCH3 is 1. The van der Waals surface area contributed by atoms with Gasteiger partial charge in [-0.1, -0.05) is 62.4 Å². The second kappa shape index (κ2) is 27.5. The summed E-state index contributed by atoms with van der Waals surface area (Å²) in [7, 11) is -0.718. The lowest BCUT2D eigenvalue weighted by atomic mass is 10.0. The molecule has 0 radical (unpaired) electrons. The van der Waals surface area contributed by atoms with Gasteiger partial charge in [-0.25, -0.2) is 37.8 Å². The highest BCUT2D eigenvalue weighted by molar-refractivity contribution is 7.88. The molecule has 0 aliphatic rings. The van der Waals surface area contributed by atoms with Gasteiger partial charge in [-0.3, -0.25) is 19.7 Å². The number of urea groups is 2. The van der Waals surface area contributed by atoms with Crippen molar-refractivity contribution >= 4 is 68.7 Å². The molecule has 0 fully saturated rings. The van der Waals surface area contributed by atoms with Crippen molar-refractivity contribution in [3.63, 3.8) is 0 Å². The van der Waals surface area contributed by atoms with Gasteiger partial charge in [0, 0.05) is 37.0 Å². The van der Waals surface area contributed by atoms with Crippen LogP contribution in [0.4, 0.5) is 41.2 Å². The number of carbonyl (C=O) groups is 6. The van der Waals surface area contributed by atoms with E-state index in [4.69, 9.17) is 9.84 Å². The van der Waals surface area contributed by atoms with Crippen molar-refractivity contribution in [2.75, 3.05) is 41.7 Å².